The Kier molecular flexibility index (Phi) is 3.48. The molecule has 3 heterocycles. The van der Waals surface area contributed by atoms with Crippen LogP contribution in [0.1, 0.15) is 0 Å². The Morgan fingerprint density at radius 3 is 2.82 bits per heavy atom. The molecule has 8 nitrogen and oxygen atoms in total. The second-order valence-electron chi connectivity index (χ2n) is 4.58. The number of pyridine rings is 2. The first-order valence-corrected chi connectivity index (χ1v) is 6.50. The molecule has 0 amide bonds. The van der Waals surface area contributed by atoms with Crippen LogP contribution in [-0.2, 0) is 7.05 Å². The van der Waals surface area contributed by atoms with Gasteiger partial charge in [-0.2, -0.15) is 10.1 Å². The highest BCUT2D eigenvalue weighted by Crippen LogP contribution is 2.22. The molecule has 3 aromatic rings. The van der Waals surface area contributed by atoms with E-state index in [2.05, 4.69) is 25.1 Å². The third kappa shape index (κ3) is 2.75. The normalized spacial score (nSPS) is 12.3. The number of nitrogens with two attached hydrogens (primary N) is 2. The van der Waals surface area contributed by atoms with Crippen LogP contribution in [0.4, 0.5) is 5.82 Å². The highest BCUT2D eigenvalue weighted by molar-refractivity contribution is 5.88. The third-order valence-electron chi connectivity index (χ3n) is 3.00. The number of hydrogen-bond acceptors (Lipinski definition) is 4. The third-order valence-corrected chi connectivity index (χ3v) is 3.00. The van der Waals surface area contributed by atoms with Crippen molar-refractivity contribution < 1.29 is 0 Å². The van der Waals surface area contributed by atoms with Crippen LogP contribution in [0, 0.1) is 0 Å². The number of rotatable bonds is 2. The topological polar surface area (TPSA) is 120 Å². The van der Waals surface area contributed by atoms with Gasteiger partial charge in [0.15, 0.2) is 5.82 Å². The number of aliphatic imine (C=N–C) groups is 2. The lowest BCUT2D eigenvalue weighted by atomic mass is 10.1. The average molecular weight is 294 g/mol. The number of hydrogen-bond donors (Lipinski definition) is 2. The van der Waals surface area contributed by atoms with Crippen LogP contribution in [0.25, 0.3) is 22.2 Å². The molecule has 0 saturated carbocycles. The predicted octanol–water partition coefficient (Wildman–Crippen LogP) is 0.963. The van der Waals surface area contributed by atoms with E-state index in [0.29, 0.717) is 11.3 Å². The van der Waals surface area contributed by atoms with Crippen molar-refractivity contribution in [3.05, 3.63) is 36.8 Å². The van der Waals surface area contributed by atoms with Gasteiger partial charge in [-0.15, -0.1) is 0 Å². The van der Waals surface area contributed by atoms with Crippen molar-refractivity contribution in [2.75, 3.05) is 0 Å². The Balaban J connectivity index is 2.05. The molecular weight excluding hydrogens is 280 g/mol. The molecule has 0 spiro atoms. The maximum atomic E-state index is 5.59. The largest absolute Gasteiger partial charge is 0.390 e. The minimum absolute atomic E-state index is 0.0470. The molecule has 110 valence electrons. The Morgan fingerprint density at radius 1 is 1.23 bits per heavy atom. The molecule has 0 aliphatic heterocycles. The number of aromatic nitrogens is 4. The lowest BCUT2D eigenvalue weighted by Gasteiger charge is -2.01. The predicted molar refractivity (Wildman–Crippen MR) is 85.7 cm³/mol. The fourth-order valence-corrected chi connectivity index (χ4v) is 2.01. The molecular formula is C14H14N8. The first-order chi connectivity index (χ1) is 10.7. The van der Waals surface area contributed by atoms with Crippen molar-refractivity contribution in [3.8, 4) is 11.1 Å². The van der Waals surface area contributed by atoms with E-state index in [1.54, 1.807) is 23.1 Å². The summed E-state index contributed by atoms with van der Waals surface area (Å²) in [4.78, 5) is 16.6. The molecule has 0 aliphatic rings. The molecule has 3 rings (SSSR count). The van der Waals surface area contributed by atoms with E-state index in [0.717, 1.165) is 23.0 Å². The highest BCUT2D eigenvalue weighted by Gasteiger charge is 2.05. The fourth-order valence-electron chi connectivity index (χ4n) is 2.01. The van der Waals surface area contributed by atoms with Crippen LogP contribution in [0.5, 0.6) is 0 Å². The minimum Gasteiger partial charge on any atom is -0.390 e. The Bertz CT molecular complexity index is 877. The number of aryl methyl sites for hydroxylation is 1. The molecule has 0 saturated heterocycles. The molecule has 3 aromatic heterocycles. The van der Waals surface area contributed by atoms with Crippen LogP contribution in [0.3, 0.4) is 0 Å². The Hall–Kier alpha value is -3.29. The molecule has 0 atom stereocenters. The number of guanidine groups is 1. The van der Waals surface area contributed by atoms with Crippen molar-refractivity contribution in [1.82, 2.24) is 19.7 Å². The van der Waals surface area contributed by atoms with E-state index in [-0.39, 0.29) is 5.96 Å². The van der Waals surface area contributed by atoms with E-state index >= 15 is 0 Å². The molecule has 22 heavy (non-hydrogen) atoms. The van der Waals surface area contributed by atoms with Gasteiger partial charge in [-0.05, 0) is 18.2 Å². The van der Waals surface area contributed by atoms with Gasteiger partial charge in [-0.25, -0.2) is 9.98 Å². The van der Waals surface area contributed by atoms with Crippen molar-refractivity contribution >= 4 is 29.1 Å². The molecule has 0 aromatic carbocycles. The van der Waals surface area contributed by atoms with E-state index in [9.17, 15) is 0 Å². The van der Waals surface area contributed by atoms with E-state index in [4.69, 9.17) is 11.5 Å². The molecule has 0 unspecified atom stereocenters. The lowest BCUT2D eigenvalue weighted by Crippen LogP contribution is -2.09. The fraction of sp³-hybridized carbons (Fsp3) is 0.0714. The smallest absolute Gasteiger partial charge is 0.223 e. The summed E-state index contributed by atoms with van der Waals surface area (Å²) in [6, 6.07) is 5.48. The van der Waals surface area contributed by atoms with E-state index < -0.39 is 0 Å². The zero-order valence-corrected chi connectivity index (χ0v) is 11.9. The summed E-state index contributed by atoms with van der Waals surface area (Å²) in [6.45, 7) is 0. The molecule has 0 aliphatic carbocycles. The van der Waals surface area contributed by atoms with Gasteiger partial charge in [0.2, 0.25) is 5.96 Å². The molecule has 0 radical (unpaired) electrons. The van der Waals surface area contributed by atoms with Crippen LogP contribution in [-0.4, -0.2) is 32.0 Å². The molecule has 4 N–H and O–H groups in total. The van der Waals surface area contributed by atoms with Gasteiger partial charge in [0, 0.05) is 30.6 Å². The summed E-state index contributed by atoms with van der Waals surface area (Å²) < 4.78 is 1.74. The zero-order valence-electron chi connectivity index (χ0n) is 11.9. The SMILES string of the molecule is Cn1cc(-c2cnc3ccc(N=C(N)/N=C\N)nc3c2)cn1. The second-order valence-corrected chi connectivity index (χ2v) is 4.58. The van der Waals surface area contributed by atoms with Gasteiger partial charge < -0.3 is 11.5 Å². The monoisotopic (exact) mass is 294 g/mol. The number of nitrogens with zero attached hydrogens (tertiary/aromatic N) is 6. The summed E-state index contributed by atoms with van der Waals surface area (Å²) in [5.74, 6) is 0.492. The maximum absolute atomic E-state index is 5.59. The van der Waals surface area contributed by atoms with Crippen molar-refractivity contribution in [2.24, 2.45) is 28.5 Å². The molecule has 0 bridgehead atoms. The van der Waals surface area contributed by atoms with Crippen LogP contribution < -0.4 is 11.5 Å². The highest BCUT2D eigenvalue weighted by atomic mass is 15.2. The quantitative estimate of drug-likeness (QED) is 0.538. The van der Waals surface area contributed by atoms with Gasteiger partial charge in [0.1, 0.15) is 0 Å². The van der Waals surface area contributed by atoms with Crippen LogP contribution in [0.2, 0.25) is 0 Å². The minimum atomic E-state index is 0.0470. The van der Waals surface area contributed by atoms with Gasteiger partial charge in [-0.3, -0.25) is 9.67 Å². The van der Waals surface area contributed by atoms with Crippen LogP contribution >= 0.6 is 0 Å². The van der Waals surface area contributed by atoms with Crippen molar-refractivity contribution in [2.45, 2.75) is 0 Å². The second kappa shape index (κ2) is 5.60. The van der Waals surface area contributed by atoms with Crippen LogP contribution in [0.15, 0.2) is 46.8 Å². The van der Waals surface area contributed by atoms with E-state index in [1.165, 1.54) is 0 Å². The maximum Gasteiger partial charge on any atom is 0.223 e. The zero-order chi connectivity index (χ0) is 15.5. The molecule has 0 fully saturated rings. The summed E-state index contributed by atoms with van der Waals surface area (Å²) in [5.41, 5.74) is 14.1. The number of fused-ring (bicyclic) bond motifs is 1. The van der Waals surface area contributed by atoms with Gasteiger partial charge in [0.25, 0.3) is 0 Å². The lowest BCUT2D eigenvalue weighted by molar-refractivity contribution is 0.768. The summed E-state index contributed by atoms with van der Waals surface area (Å²) in [5, 5.41) is 4.15. The Labute approximate surface area is 126 Å². The summed E-state index contributed by atoms with van der Waals surface area (Å²) in [6.07, 6.45) is 6.57. The summed E-state index contributed by atoms with van der Waals surface area (Å²) in [7, 11) is 1.86. The summed E-state index contributed by atoms with van der Waals surface area (Å²) >= 11 is 0. The first kappa shape index (κ1) is 13.7. The first-order valence-electron chi connectivity index (χ1n) is 6.50. The van der Waals surface area contributed by atoms with Gasteiger partial charge >= 0.3 is 0 Å². The van der Waals surface area contributed by atoms with Crippen molar-refractivity contribution in [3.63, 3.8) is 0 Å². The van der Waals surface area contributed by atoms with Gasteiger partial charge in [-0.1, -0.05) is 0 Å². The van der Waals surface area contributed by atoms with Gasteiger partial charge in [0.05, 0.1) is 23.6 Å². The van der Waals surface area contributed by atoms with E-state index in [1.807, 2.05) is 25.4 Å². The standard InChI is InChI=1S/C14H14N8/c1-22-7-10(6-19-22)9-4-12-11(17-5-9)2-3-13(20-12)21-14(16)18-8-15/h2-8H,1H3,(H4,15,16,18,20,21). The Morgan fingerprint density at radius 2 is 2.09 bits per heavy atom. The van der Waals surface area contributed by atoms with Crippen molar-refractivity contribution in [1.29, 1.82) is 0 Å². The average Bonchev–Trinajstić information content (AvgIpc) is 2.93. The molecule has 8 heteroatoms.